The zero-order chi connectivity index (χ0) is 32.8. The lowest BCUT2D eigenvalue weighted by Crippen LogP contribution is -2.50. The molecule has 0 saturated heterocycles. The summed E-state index contributed by atoms with van der Waals surface area (Å²) in [7, 11) is 0. The smallest absolute Gasteiger partial charge is 0.309 e. The van der Waals surface area contributed by atoms with E-state index in [2.05, 4.69) is 10.6 Å². The third kappa shape index (κ3) is 11.5. The minimum absolute atomic E-state index is 0.0257. The first kappa shape index (κ1) is 34.4. The lowest BCUT2D eigenvalue weighted by Gasteiger charge is -2.29. The molecule has 3 aromatic carbocycles. The highest BCUT2D eigenvalue weighted by Gasteiger charge is 2.30. The van der Waals surface area contributed by atoms with E-state index < -0.39 is 17.5 Å². The van der Waals surface area contributed by atoms with Crippen LogP contribution in [0.3, 0.4) is 0 Å². The lowest BCUT2D eigenvalue weighted by molar-refractivity contribution is -0.151. The molecule has 3 unspecified atom stereocenters. The highest BCUT2D eigenvalue weighted by molar-refractivity contribution is 5.86. The van der Waals surface area contributed by atoms with Crippen LogP contribution in [0.2, 0.25) is 0 Å². The van der Waals surface area contributed by atoms with Crippen molar-refractivity contribution in [3.63, 3.8) is 0 Å². The van der Waals surface area contributed by atoms with Gasteiger partial charge in [0.15, 0.2) is 0 Å². The second-order valence-corrected chi connectivity index (χ2v) is 12.6. The molecule has 46 heavy (non-hydrogen) atoms. The fourth-order valence-electron chi connectivity index (χ4n) is 5.42. The highest BCUT2D eigenvalue weighted by Crippen LogP contribution is 2.21. The van der Waals surface area contributed by atoms with Crippen LogP contribution >= 0.6 is 0 Å². The number of carbonyl (C=O) groups excluding carboxylic acids is 3. The number of hydrogen-bond acceptors (Lipinski definition) is 6. The van der Waals surface area contributed by atoms with Crippen LogP contribution in [0.1, 0.15) is 56.2 Å². The molecule has 2 amide bonds. The van der Waals surface area contributed by atoms with E-state index in [-0.39, 0.29) is 43.3 Å². The number of allylic oxidation sites excluding steroid dienone is 2. The first-order valence-electron chi connectivity index (χ1n) is 16.0. The average Bonchev–Trinajstić information content (AvgIpc) is 3.06. The minimum atomic E-state index is -0.818. The molecule has 0 saturated carbocycles. The molecule has 8 nitrogen and oxygen atoms in total. The number of nitrogens with one attached hydrogen (secondary N) is 2. The van der Waals surface area contributed by atoms with Gasteiger partial charge in [-0.05, 0) is 74.8 Å². The molecule has 3 N–H and O–H groups in total. The van der Waals surface area contributed by atoms with Crippen LogP contribution in [0.25, 0.3) is 0 Å². The van der Waals surface area contributed by atoms with Gasteiger partial charge in [-0.15, -0.1) is 0 Å². The molecule has 0 aromatic heterocycles. The summed E-state index contributed by atoms with van der Waals surface area (Å²) >= 11 is 0. The number of ether oxygens (including phenoxy) is 2. The fourth-order valence-corrected chi connectivity index (χ4v) is 5.42. The maximum atomic E-state index is 13.3. The molecule has 1 aliphatic rings. The number of carbonyl (C=O) groups is 3. The van der Waals surface area contributed by atoms with Crippen molar-refractivity contribution < 1.29 is 29.0 Å². The van der Waals surface area contributed by atoms with Gasteiger partial charge in [0.2, 0.25) is 11.8 Å². The van der Waals surface area contributed by atoms with Crippen molar-refractivity contribution >= 4 is 17.8 Å². The Balaban J connectivity index is 1.32. The van der Waals surface area contributed by atoms with Crippen LogP contribution in [0.15, 0.2) is 97.1 Å². The zero-order valence-electron chi connectivity index (χ0n) is 26.8. The van der Waals surface area contributed by atoms with Gasteiger partial charge in [-0.2, -0.15) is 0 Å². The van der Waals surface area contributed by atoms with Gasteiger partial charge in [0.1, 0.15) is 19.0 Å². The summed E-state index contributed by atoms with van der Waals surface area (Å²) in [5.41, 5.74) is 2.27. The number of benzene rings is 3. The maximum absolute atomic E-state index is 13.3. The van der Waals surface area contributed by atoms with Gasteiger partial charge in [0.05, 0.1) is 30.0 Å². The fraction of sp³-hybridized carbons (Fsp3) is 0.395. The van der Waals surface area contributed by atoms with Crippen LogP contribution < -0.4 is 15.4 Å². The van der Waals surface area contributed by atoms with Crippen LogP contribution in [0.4, 0.5) is 0 Å². The van der Waals surface area contributed by atoms with Crippen molar-refractivity contribution in [2.45, 2.75) is 70.6 Å². The quantitative estimate of drug-likeness (QED) is 0.196. The van der Waals surface area contributed by atoms with Crippen LogP contribution in [0, 0.1) is 11.8 Å². The van der Waals surface area contributed by atoms with E-state index in [1.165, 1.54) is 0 Å². The molecular weight excluding hydrogens is 580 g/mol. The first-order valence-corrected chi connectivity index (χ1v) is 16.0. The summed E-state index contributed by atoms with van der Waals surface area (Å²) < 4.78 is 11.5. The number of esters is 1. The van der Waals surface area contributed by atoms with E-state index in [1.807, 2.05) is 97.1 Å². The average molecular weight is 627 g/mol. The van der Waals surface area contributed by atoms with E-state index in [0.717, 1.165) is 22.4 Å². The third-order valence-corrected chi connectivity index (χ3v) is 8.01. The van der Waals surface area contributed by atoms with E-state index in [4.69, 9.17) is 9.47 Å². The van der Waals surface area contributed by atoms with E-state index in [0.29, 0.717) is 38.7 Å². The second kappa shape index (κ2) is 17.3. The Morgan fingerprint density at radius 1 is 0.935 bits per heavy atom. The molecule has 1 heterocycles. The number of hydrogen-bond donors (Lipinski definition) is 3. The molecule has 0 aliphatic carbocycles. The molecule has 3 atom stereocenters. The standard InChI is InChI=1S/C38H46N2O6/c1-38(2)27-46-37(44)32(22-28-12-6-3-7-13-28)17-11-5-10-16-31(36(43)40-38)24-35(42)39-33(25-41)23-29-18-20-34(21-19-29)45-26-30-14-8-4-9-15-30/h3-10,12-15,18-21,31-33,41H,11,16-17,22-27H2,1-2H3,(H,39,42)(H,40,43). The van der Waals surface area contributed by atoms with Gasteiger partial charge in [0.25, 0.3) is 0 Å². The van der Waals surface area contributed by atoms with Crippen molar-refractivity contribution in [1.82, 2.24) is 10.6 Å². The third-order valence-electron chi connectivity index (χ3n) is 8.01. The molecule has 0 radical (unpaired) electrons. The van der Waals surface area contributed by atoms with Crippen molar-refractivity contribution in [3.05, 3.63) is 114 Å². The summed E-state index contributed by atoms with van der Waals surface area (Å²) in [5, 5.41) is 15.9. The minimum Gasteiger partial charge on any atom is -0.489 e. The van der Waals surface area contributed by atoms with Gasteiger partial charge in [0, 0.05) is 6.42 Å². The second-order valence-electron chi connectivity index (χ2n) is 12.6. The number of aliphatic hydroxyl groups is 1. The van der Waals surface area contributed by atoms with Crippen molar-refractivity contribution in [1.29, 1.82) is 0 Å². The predicted octanol–water partition coefficient (Wildman–Crippen LogP) is 5.33. The number of rotatable bonds is 11. The molecular formula is C38H46N2O6. The van der Waals surface area contributed by atoms with Crippen molar-refractivity contribution in [2.24, 2.45) is 11.8 Å². The van der Waals surface area contributed by atoms with Gasteiger partial charge in [-0.3, -0.25) is 14.4 Å². The monoisotopic (exact) mass is 626 g/mol. The summed E-state index contributed by atoms with van der Waals surface area (Å²) in [4.78, 5) is 39.5. The molecule has 0 spiro atoms. The maximum Gasteiger partial charge on any atom is 0.309 e. The lowest BCUT2D eigenvalue weighted by atomic mass is 9.94. The van der Waals surface area contributed by atoms with Crippen LogP contribution in [-0.2, 0) is 38.6 Å². The number of aliphatic hydroxyl groups excluding tert-OH is 1. The van der Waals surface area contributed by atoms with Gasteiger partial charge in [-0.25, -0.2) is 0 Å². The molecule has 0 bridgehead atoms. The molecule has 0 fully saturated rings. The Labute approximate surface area is 272 Å². The summed E-state index contributed by atoms with van der Waals surface area (Å²) in [6, 6.07) is 26.9. The zero-order valence-corrected chi connectivity index (χ0v) is 26.8. The van der Waals surface area contributed by atoms with Gasteiger partial charge >= 0.3 is 5.97 Å². The Morgan fingerprint density at radius 2 is 1.61 bits per heavy atom. The van der Waals surface area contributed by atoms with E-state index in [1.54, 1.807) is 13.8 Å². The van der Waals surface area contributed by atoms with Crippen molar-refractivity contribution in [2.75, 3.05) is 13.2 Å². The summed E-state index contributed by atoms with van der Waals surface area (Å²) in [6.07, 6.45) is 6.51. The van der Waals surface area contributed by atoms with Crippen molar-refractivity contribution in [3.8, 4) is 5.75 Å². The topological polar surface area (TPSA) is 114 Å². The normalized spacial score (nSPS) is 19.4. The molecule has 3 aromatic rings. The molecule has 244 valence electrons. The van der Waals surface area contributed by atoms with Crippen LogP contribution in [0.5, 0.6) is 5.75 Å². The largest absolute Gasteiger partial charge is 0.489 e. The highest BCUT2D eigenvalue weighted by atomic mass is 16.5. The predicted molar refractivity (Wildman–Crippen MR) is 178 cm³/mol. The number of cyclic esters (lactones) is 1. The summed E-state index contributed by atoms with van der Waals surface area (Å²) in [6.45, 7) is 3.86. The van der Waals surface area contributed by atoms with E-state index in [9.17, 15) is 19.5 Å². The molecule has 4 rings (SSSR count). The SMILES string of the molecule is CC1(C)COC(=O)C(Cc2ccccc2)CCC=CCC(CC(=O)NC(CO)Cc2ccc(OCc3ccccc3)cc2)C(=O)N1. The van der Waals surface area contributed by atoms with Gasteiger partial charge < -0.3 is 25.2 Å². The van der Waals surface area contributed by atoms with Gasteiger partial charge in [-0.1, -0.05) is 84.9 Å². The summed E-state index contributed by atoms with van der Waals surface area (Å²) in [5.74, 6) is -1.06. The van der Waals surface area contributed by atoms with E-state index >= 15 is 0 Å². The Morgan fingerprint density at radius 3 is 2.28 bits per heavy atom. The Hall–Kier alpha value is -4.43. The molecule has 8 heteroatoms. The Kier molecular flexibility index (Phi) is 13.0. The number of amides is 2. The first-order chi connectivity index (χ1) is 22.2. The Bertz CT molecular complexity index is 1420. The van der Waals surface area contributed by atoms with Crippen LogP contribution in [-0.4, -0.2) is 47.7 Å². The molecule has 1 aliphatic heterocycles.